The first kappa shape index (κ1) is 11.2. The standard InChI is InChI=1S/C14H13NO2/c1-15(16)11-12-6-5-9-14(10-12)17-13-7-3-2-4-8-13/h2-11H,1H3/b15-11-. The smallest absolute Gasteiger partial charge is 0.181 e. The second-order valence-electron chi connectivity index (χ2n) is 3.66. The average Bonchev–Trinajstić information content (AvgIpc) is 2.30. The third kappa shape index (κ3) is 3.34. The molecule has 0 aliphatic carbocycles. The highest BCUT2D eigenvalue weighted by Crippen LogP contribution is 2.21. The van der Waals surface area contributed by atoms with Crippen LogP contribution in [0.4, 0.5) is 0 Å². The summed E-state index contributed by atoms with van der Waals surface area (Å²) in [6.07, 6.45) is 1.50. The lowest BCUT2D eigenvalue weighted by atomic mass is 10.2. The van der Waals surface area contributed by atoms with E-state index in [1.807, 2.05) is 54.6 Å². The van der Waals surface area contributed by atoms with Gasteiger partial charge in [0.2, 0.25) is 0 Å². The minimum Gasteiger partial charge on any atom is -0.624 e. The van der Waals surface area contributed by atoms with Crippen LogP contribution in [0.3, 0.4) is 0 Å². The highest BCUT2D eigenvalue weighted by Gasteiger charge is 1.98. The molecule has 0 saturated heterocycles. The van der Waals surface area contributed by atoms with Gasteiger partial charge in [0.05, 0.1) is 0 Å². The molecule has 2 rings (SSSR count). The maximum absolute atomic E-state index is 10.9. The van der Waals surface area contributed by atoms with Gasteiger partial charge in [0.25, 0.3) is 0 Å². The molecule has 0 saturated carbocycles. The Balaban J connectivity index is 2.20. The van der Waals surface area contributed by atoms with Gasteiger partial charge in [-0.3, -0.25) is 0 Å². The topological polar surface area (TPSA) is 35.3 Å². The summed E-state index contributed by atoms with van der Waals surface area (Å²) >= 11 is 0. The van der Waals surface area contributed by atoms with Crippen LogP contribution in [0.1, 0.15) is 5.56 Å². The summed E-state index contributed by atoms with van der Waals surface area (Å²) in [6.45, 7) is 0. The highest BCUT2D eigenvalue weighted by atomic mass is 16.5. The molecule has 0 aliphatic heterocycles. The van der Waals surface area contributed by atoms with Gasteiger partial charge in [-0.1, -0.05) is 24.3 Å². The van der Waals surface area contributed by atoms with Crippen LogP contribution in [0.2, 0.25) is 0 Å². The molecular formula is C14H13NO2. The first-order chi connectivity index (χ1) is 8.24. The second kappa shape index (κ2) is 5.16. The second-order valence-corrected chi connectivity index (χ2v) is 3.66. The molecule has 2 aromatic rings. The van der Waals surface area contributed by atoms with Gasteiger partial charge in [-0.25, -0.2) is 4.74 Å². The molecule has 0 radical (unpaired) electrons. The Labute approximate surface area is 100 Å². The van der Waals surface area contributed by atoms with Gasteiger partial charge in [0.15, 0.2) is 6.21 Å². The Hall–Kier alpha value is -2.29. The fourth-order valence-electron chi connectivity index (χ4n) is 1.49. The number of ether oxygens (including phenoxy) is 1. The molecule has 0 amide bonds. The number of para-hydroxylation sites is 1. The van der Waals surface area contributed by atoms with Crippen molar-refractivity contribution in [3.8, 4) is 11.5 Å². The van der Waals surface area contributed by atoms with E-state index in [9.17, 15) is 5.21 Å². The summed E-state index contributed by atoms with van der Waals surface area (Å²) in [5, 5.41) is 10.9. The lowest BCUT2D eigenvalue weighted by Gasteiger charge is -2.05. The van der Waals surface area contributed by atoms with E-state index >= 15 is 0 Å². The van der Waals surface area contributed by atoms with E-state index in [4.69, 9.17) is 4.74 Å². The Morgan fingerprint density at radius 1 is 1.00 bits per heavy atom. The van der Waals surface area contributed by atoms with Crippen LogP contribution in [0, 0.1) is 5.21 Å². The molecule has 2 aromatic carbocycles. The number of benzene rings is 2. The minimum absolute atomic E-state index is 0.715. The molecule has 17 heavy (non-hydrogen) atoms. The van der Waals surface area contributed by atoms with Crippen LogP contribution in [-0.4, -0.2) is 18.0 Å². The highest BCUT2D eigenvalue weighted by molar-refractivity contribution is 5.76. The molecule has 0 aromatic heterocycles. The number of hydroxylamine groups is 1. The summed E-state index contributed by atoms with van der Waals surface area (Å²) in [4.78, 5) is 0. The van der Waals surface area contributed by atoms with Gasteiger partial charge in [-0.2, -0.15) is 0 Å². The maximum atomic E-state index is 10.9. The zero-order valence-corrected chi connectivity index (χ0v) is 9.54. The molecule has 86 valence electrons. The molecule has 0 bridgehead atoms. The van der Waals surface area contributed by atoms with Crippen LogP contribution in [-0.2, 0) is 0 Å². The van der Waals surface area contributed by atoms with Crippen LogP contribution in [0.5, 0.6) is 11.5 Å². The summed E-state index contributed by atoms with van der Waals surface area (Å²) in [5.41, 5.74) is 0.816. The fraction of sp³-hybridized carbons (Fsp3) is 0.0714. The van der Waals surface area contributed by atoms with Gasteiger partial charge >= 0.3 is 0 Å². The third-order valence-electron chi connectivity index (χ3n) is 2.17. The lowest BCUT2D eigenvalue weighted by molar-refractivity contribution is -0.416. The largest absolute Gasteiger partial charge is 0.624 e. The summed E-state index contributed by atoms with van der Waals surface area (Å²) in [7, 11) is 1.45. The number of hydrogen-bond donors (Lipinski definition) is 0. The molecule has 0 unspecified atom stereocenters. The van der Waals surface area contributed by atoms with Gasteiger partial charge < -0.3 is 9.94 Å². The first-order valence-electron chi connectivity index (χ1n) is 5.32. The molecule has 0 heterocycles. The van der Waals surface area contributed by atoms with E-state index in [0.717, 1.165) is 16.1 Å². The summed E-state index contributed by atoms with van der Waals surface area (Å²) in [6, 6.07) is 16.9. The fourth-order valence-corrected chi connectivity index (χ4v) is 1.49. The van der Waals surface area contributed by atoms with Gasteiger partial charge in [-0.05, 0) is 30.3 Å². The van der Waals surface area contributed by atoms with Gasteiger partial charge in [-0.15, -0.1) is 0 Å². The molecule has 0 N–H and O–H groups in total. The van der Waals surface area contributed by atoms with E-state index in [-0.39, 0.29) is 0 Å². The summed E-state index contributed by atoms with van der Waals surface area (Å²) in [5.74, 6) is 1.49. The third-order valence-corrected chi connectivity index (χ3v) is 2.17. The predicted octanol–water partition coefficient (Wildman–Crippen LogP) is 3.04. The molecule has 3 heteroatoms. The normalized spacial score (nSPS) is 11.2. The van der Waals surface area contributed by atoms with Crippen LogP contribution in [0.15, 0.2) is 54.6 Å². The average molecular weight is 227 g/mol. The zero-order valence-electron chi connectivity index (χ0n) is 9.54. The maximum Gasteiger partial charge on any atom is 0.181 e. The minimum atomic E-state index is 0.715. The molecular weight excluding hydrogens is 214 g/mol. The predicted molar refractivity (Wildman–Crippen MR) is 67.7 cm³/mol. The molecule has 0 atom stereocenters. The number of hydrogen-bond acceptors (Lipinski definition) is 2. The van der Waals surface area contributed by atoms with Crippen molar-refractivity contribution in [2.45, 2.75) is 0 Å². The van der Waals surface area contributed by atoms with Crippen molar-refractivity contribution >= 4 is 6.21 Å². The monoisotopic (exact) mass is 227 g/mol. The van der Waals surface area contributed by atoms with Crippen LogP contribution < -0.4 is 4.74 Å². The summed E-state index contributed by atoms with van der Waals surface area (Å²) < 4.78 is 6.43. The van der Waals surface area contributed by atoms with E-state index in [1.54, 1.807) is 0 Å². The van der Waals surface area contributed by atoms with Crippen molar-refractivity contribution in [3.63, 3.8) is 0 Å². The Bertz CT molecular complexity index is 517. The van der Waals surface area contributed by atoms with Crippen molar-refractivity contribution in [3.05, 3.63) is 65.4 Å². The van der Waals surface area contributed by atoms with Gasteiger partial charge in [0, 0.05) is 5.56 Å². The van der Waals surface area contributed by atoms with Crippen molar-refractivity contribution in [2.24, 2.45) is 0 Å². The molecule has 0 aliphatic rings. The Morgan fingerprint density at radius 3 is 2.41 bits per heavy atom. The molecule has 0 spiro atoms. The van der Waals surface area contributed by atoms with E-state index in [0.29, 0.717) is 5.75 Å². The quantitative estimate of drug-likeness (QED) is 0.349. The Morgan fingerprint density at radius 2 is 1.71 bits per heavy atom. The van der Waals surface area contributed by atoms with E-state index in [1.165, 1.54) is 13.3 Å². The zero-order chi connectivity index (χ0) is 12.1. The SMILES string of the molecule is C/[N+]([O-])=C/c1cccc(Oc2ccccc2)c1. The van der Waals surface area contributed by atoms with Gasteiger partial charge in [0.1, 0.15) is 18.5 Å². The van der Waals surface area contributed by atoms with E-state index in [2.05, 4.69) is 0 Å². The first-order valence-corrected chi connectivity index (χ1v) is 5.32. The van der Waals surface area contributed by atoms with Crippen LogP contribution >= 0.6 is 0 Å². The van der Waals surface area contributed by atoms with Crippen molar-refractivity contribution in [1.82, 2.24) is 0 Å². The number of rotatable bonds is 3. The van der Waals surface area contributed by atoms with E-state index < -0.39 is 0 Å². The molecule has 3 nitrogen and oxygen atoms in total. The lowest BCUT2D eigenvalue weighted by Crippen LogP contribution is -1.97. The van der Waals surface area contributed by atoms with Crippen LogP contribution in [0.25, 0.3) is 0 Å². The van der Waals surface area contributed by atoms with Crippen molar-refractivity contribution in [2.75, 3.05) is 7.05 Å². The van der Waals surface area contributed by atoms with Crippen molar-refractivity contribution < 1.29 is 9.48 Å². The van der Waals surface area contributed by atoms with Crippen molar-refractivity contribution in [1.29, 1.82) is 0 Å². The Kier molecular flexibility index (Phi) is 3.40. The number of nitrogens with zero attached hydrogens (tertiary/aromatic N) is 1. The molecule has 0 fully saturated rings.